The minimum atomic E-state index is -0.579. The van der Waals surface area contributed by atoms with E-state index in [0.717, 1.165) is 26.9 Å². The lowest BCUT2D eigenvalue weighted by molar-refractivity contribution is -0.120. The van der Waals surface area contributed by atoms with Crippen LogP contribution in [-0.4, -0.2) is 24.4 Å². The van der Waals surface area contributed by atoms with Gasteiger partial charge in [0.2, 0.25) is 0 Å². The number of ether oxygens (including phenoxy) is 1. The van der Waals surface area contributed by atoms with E-state index < -0.39 is 17.8 Å². The Morgan fingerprint density at radius 1 is 1.13 bits per heavy atom. The molecule has 30 heavy (non-hydrogen) atoms. The maximum absolute atomic E-state index is 12.9. The summed E-state index contributed by atoms with van der Waals surface area (Å²) in [5.41, 5.74) is 2.21. The maximum atomic E-state index is 12.9. The number of anilines is 2. The van der Waals surface area contributed by atoms with Crippen LogP contribution >= 0.6 is 34.2 Å². The van der Waals surface area contributed by atoms with Crippen LogP contribution in [0.2, 0.25) is 0 Å². The molecule has 1 N–H and O–H groups in total. The molecular formula is C22H20ClIN2O4. The van der Waals surface area contributed by atoms with E-state index in [4.69, 9.17) is 16.3 Å². The third kappa shape index (κ3) is 4.67. The van der Waals surface area contributed by atoms with Crippen LogP contribution in [0.3, 0.4) is 0 Å². The number of hydrogen-bond acceptors (Lipinski definition) is 5. The van der Waals surface area contributed by atoms with Gasteiger partial charge in [-0.3, -0.25) is 9.59 Å². The molecule has 1 aliphatic rings. The molecule has 0 aromatic heterocycles. The molecule has 0 radical (unpaired) electrons. The van der Waals surface area contributed by atoms with Crippen LogP contribution in [0.5, 0.6) is 0 Å². The van der Waals surface area contributed by atoms with Gasteiger partial charge in [0.25, 0.3) is 11.8 Å². The Bertz CT molecular complexity index is 1030. The number of amides is 2. The first-order valence-electron chi connectivity index (χ1n) is 9.42. The molecule has 2 amide bonds. The van der Waals surface area contributed by atoms with E-state index in [9.17, 15) is 14.4 Å². The van der Waals surface area contributed by atoms with Crippen LogP contribution in [-0.2, 0) is 14.3 Å². The summed E-state index contributed by atoms with van der Waals surface area (Å²) in [5.74, 6) is -1.51. The molecule has 0 atom stereocenters. The van der Waals surface area contributed by atoms with E-state index in [-0.39, 0.29) is 10.7 Å². The number of imide groups is 1. The number of rotatable bonds is 7. The number of esters is 1. The first kappa shape index (κ1) is 22.3. The highest BCUT2D eigenvalue weighted by Gasteiger charge is 2.39. The number of carbonyl (C=O) groups is 3. The normalized spacial score (nSPS) is 13.8. The van der Waals surface area contributed by atoms with Gasteiger partial charge in [0.05, 0.1) is 17.9 Å². The van der Waals surface area contributed by atoms with E-state index >= 15 is 0 Å². The molecule has 2 aromatic rings. The van der Waals surface area contributed by atoms with E-state index in [1.807, 2.05) is 26.0 Å². The van der Waals surface area contributed by atoms with Crippen LogP contribution in [0.15, 0.2) is 53.2 Å². The second kappa shape index (κ2) is 9.61. The van der Waals surface area contributed by atoms with Crippen LogP contribution in [0.1, 0.15) is 35.7 Å². The molecule has 3 rings (SSSR count). The summed E-state index contributed by atoms with van der Waals surface area (Å²) in [4.78, 5) is 38.6. The minimum absolute atomic E-state index is 0.00195. The zero-order valence-electron chi connectivity index (χ0n) is 16.5. The van der Waals surface area contributed by atoms with Crippen LogP contribution in [0.25, 0.3) is 0 Å². The molecule has 0 spiro atoms. The van der Waals surface area contributed by atoms with E-state index in [2.05, 4.69) is 27.9 Å². The highest BCUT2D eigenvalue weighted by molar-refractivity contribution is 14.1. The number of nitrogens with one attached hydrogen (secondary N) is 1. The molecule has 6 nitrogen and oxygen atoms in total. The highest BCUT2D eigenvalue weighted by Crippen LogP contribution is 2.32. The highest BCUT2D eigenvalue weighted by atomic mass is 127. The Morgan fingerprint density at radius 2 is 1.83 bits per heavy atom. The Labute approximate surface area is 193 Å². The summed E-state index contributed by atoms with van der Waals surface area (Å²) < 4.78 is 6.18. The smallest absolute Gasteiger partial charge is 0.338 e. The Balaban J connectivity index is 1.76. The second-order valence-electron chi connectivity index (χ2n) is 6.76. The van der Waals surface area contributed by atoms with Crippen molar-refractivity contribution < 1.29 is 19.1 Å². The van der Waals surface area contributed by atoms with Gasteiger partial charge < -0.3 is 10.1 Å². The van der Waals surface area contributed by atoms with Gasteiger partial charge in [-0.05, 0) is 84.0 Å². The lowest BCUT2D eigenvalue weighted by Gasteiger charge is -2.17. The molecule has 0 saturated heterocycles. The van der Waals surface area contributed by atoms with Crippen molar-refractivity contribution in [2.75, 3.05) is 16.8 Å². The topological polar surface area (TPSA) is 75.7 Å². The SMILES string of the molecule is CCCCOC(=O)c1ccc(NC2=C(Cl)C(=O)N(c3ccc(I)cc3C)C2=O)cc1. The third-order valence-corrected chi connectivity index (χ3v) is 5.57. The predicted octanol–water partition coefficient (Wildman–Crippen LogP) is 4.99. The van der Waals surface area contributed by atoms with Gasteiger partial charge >= 0.3 is 5.97 Å². The summed E-state index contributed by atoms with van der Waals surface area (Å²) in [7, 11) is 0. The van der Waals surface area contributed by atoms with Crippen molar-refractivity contribution in [2.24, 2.45) is 0 Å². The van der Waals surface area contributed by atoms with Gasteiger partial charge in [-0.15, -0.1) is 0 Å². The number of aryl methyl sites for hydroxylation is 1. The zero-order chi connectivity index (χ0) is 21.8. The average molecular weight is 539 g/mol. The Hall–Kier alpha value is -2.39. The van der Waals surface area contributed by atoms with Crippen LogP contribution in [0, 0.1) is 10.5 Å². The largest absolute Gasteiger partial charge is 0.462 e. The van der Waals surface area contributed by atoms with Gasteiger partial charge in [-0.2, -0.15) is 0 Å². The van der Waals surface area contributed by atoms with Crippen molar-refractivity contribution in [3.8, 4) is 0 Å². The van der Waals surface area contributed by atoms with Crippen molar-refractivity contribution in [2.45, 2.75) is 26.7 Å². The van der Waals surface area contributed by atoms with E-state index in [1.54, 1.807) is 30.3 Å². The molecular weight excluding hydrogens is 519 g/mol. The van der Waals surface area contributed by atoms with Crippen LogP contribution in [0.4, 0.5) is 11.4 Å². The van der Waals surface area contributed by atoms with E-state index in [0.29, 0.717) is 23.5 Å². The number of benzene rings is 2. The third-order valence-electron chi connectivity index (χ3n) is 4.55. The van der Waals surface area contributed by atoms with Crippen molar-refractivity contribution in [3.05, 3.63) is 67.9 Å². The van der Waals surface area contributed by atoms with Crippen molar-refractivity contribution >= 4 is 63.4 Å². The van der Waals surface area contributed by atoms with Crippen molar-refractivity contribution in [1.82, 2.24) is 0 Å². The van der Waals surface area contributed by atoms with Crippen LogP contribution < -0.4 is 10.2 Å². The minimum Gasteiger partial charge on any atom is -0.462 e. The summed E-state index contributed by atoms with van der Waals surface area (Å²) in [6.45, 7) is 4.22. The summed E-state index contributed by atoms with van der Waals surface area (Å²) in [6.07, 6.45) is 1.75. The lowest BCUT2D eigenvalue weighted by Crippen LogP contribution is -2.32. The van der Waals surface area contributed by atoms with Gasteiger partial charge in [0.1, 0.15) is 10.7 Å². The molecule has 8 heteroatoms. The molecule has 2 aromatic carbocycles. The summed E-state index contributed by atoms with van der Waals surface area (Å²) in [6, 6.07) is 11.9. The fourth-order valence-electron chi connectivity index (χ4n) is 2.93. The number of carbonyl (C=O) groups excluding carboxylic acids is 3. The number of hydrogen-bond donors (Lipinski definition) is 1. The predicted molar refractivity (Wildman–Crippen MR) is 125 cm³/mol. The molecule has 0 unspecified atom stereocenters. The van der Waals surface area contributed by atoms with Crippen molar-refractivity contribution in [1.29, 1.82) is 0 Å². The van der Waals surface area contributed by atoms with Gasteiger partial charge in [-0.25, -0.2) is 9.69 Å². The molecule has 0 saturated carbocycles. The summed E-state index contributed by atoms with van der Waals surface area (Å²) in [5, 5.41) is 2.72. The average Bonchev–Trinajstić information content (AvgIpc) is 2.92. The molecule has 0 aliphatic carbocycles. The van der Waals surface area contributed by atoms with Crippen molar-refractivity contribution in [3.63, 3.8) is 0 Å². The first-order valence-corrected chi connectivity index (χ1v) is 10.9. The Kier molecular flexibility index (Phi) is 7.14. The number of nitrogens with zero attached hydrogens (tertiary/aromatic N) is 1. The van der Waals surface area contributed by atoms with Gasteiger partial charge in [0, 0.05) is 9.26 Å². The molecule has 1 heterocycles. The van der Waals surface area contributed by atoms with E-state index in [1.165, 1.54) is 0 Å². The fourth-order valence-corrected chi connectivity index (χ4v) is 3.79. The molecule has 156 valence electrons. The maximum Gasteiger partial charge on any atom is 0.338 e. The molecule has 0 fully saturated rings. The molecule has 0 bridgehead atoms. The number of halogens is 2. The second-order valence-corrected chi connectivity index (χ2v) is 8.38. The molecule has 1 aliphatic heterocycles. The lowest BCUT2D eigenvalue weighted by atomic mass is 10.2. The first-order chi connectivity index (χ1) is 14.3. The Morgan fingerprint density at radius 3 is 2.47 bits per heavy atom. The standard InChI is InChI=1S/C22H20ClIN2O4/c1-3-4-11-30-22(29)14-5-8-16(9-6-14)25-19-18(23)20(27)26(21(19)28)17-10-7-15(24)12-13(17)2/h5-10,12,25H,3-4,11H2,1-2H3. The quantitative estimate of drug-likeness (QED) is 0.233. The number of unbranched alkanes of at least 4 members (excludes halogenated alkanes) is 1. The monoisotopic (exact) mass is 538 g/mol. The van der Waals surface area contributed by atoms with Gasteiger partial charge in [-0.1, -0.05) is 24.9 Å². The fraction of sp³-hybridized carbons (Fsp3) is 0.227. The summed E-state index contributed by atoms with van der Waals surface area (Å²) >= 11 is 8.35. The zero-order valence-corrected chi connectivity index (χ0v) is 19.4. The van der Waals surface area contributed by atoms with Gasteiger partial charge in [0.15, 0.2) is 0 Å².